The van der Waals surface area contributed by atoms with E-state index in [1.807, 2.05) is 24.4 Å². The summed E-state index contributed by atoms with van der Waals surface area (Å²) in [6.45, 7) is 4.34. The van der Waals surface area contributed by atoms with Crippen LogP contribution in [0.2, 0.25) is 0 Å². The molecule has 0 saturated heterocycles. The highest BCUT2D eigenvalue weighted by Gasteiger charge is 2.15. The van der Waals surface area contributed by atoms with Crippen LogP contribution in [0.1, 0.15) is 55.1 Å². The Hall–Kier alpha value is -2.69. The summed E-state index contributed by atoms with van der Waals surface area (Å²) < 4.78 is 7.15. The summed E-state index contributed by atoms with van der Waals surface area (Å²) in [5.74, 6) is 1.13. The second kappa shape index (κ2) is 7.25. The van der Waals surface area contributed by atoms with Crippen molar-refractivity contribution in [2.24, 2.45) is 0 Å². The van der Waals surface area contributed by atoms with Gasteiger partial charge in [-0.2, -0.15) is 0 Å². The van der Waals surface area contributed by atoms with Crippen molar-refractivity contribution in [3.8, 4) is 5.75 Å². The molecule has 2 heterocycles. The Kier molecular flexibility index (Phi) is 4.89. The fraction of sp³-hybridized carbons (Fsp3) is 0.316. The van der Waals surface area contributed by atoms with E-state index in [1.165, 1.54) is 6.20 Å². The Balaban J connectivity index is 1.84. The number of fused-ring (bicyclic) bond motifs is 1. The predicted octanol–water partition coefficient (Wildman–Crippen LogP) is 4.24. The lowest BCUT2D eigenvalue weighted by Gasteiger charge is -2.09. The average Bonchev–Trinajstić information content (AvgIpc) is 3.03. The summed E-state index contributed by atoms with van der Waals surface area (Å²) in [7, 11) is 0. The van der Waals surface area contributed by atoms with Gasteiger partial charge in [0.1, 0.15) is 5.75 Å². The lowest BCUT2D eigenvalue weighted by molar-refractivity contribution is 0.0734. The number of esters is 1. The number of hydrogen-bond acceptors (Lipinski definition) is 4. The van der Waals surface area contributed by atoms with Gasteiger partial charge >= 0.3 is 5.97 Å². The number of carbonyl (C=O) groups excluding carboxylic acids is 1. The summed E-state index contributed by atoms with van der Waals surface area (Å²) >= 11 is 0. The number of benzene rings is 1. The van der Waals surface area contributed by atoms with Gasteiger partial charge in [-0.1, -0.05) is 38.5 Å². The Labute approximate surface area is 141 Å². The largest absolute Gasteiger partial charge is 0.423 e. The van der Waals surface area contributed by atoms with E-state index < -0.39 is 5.97 Å². The molecule has 24 heavy (non-hydrogen) atoms. The first-order valence-electron chi connectivity index (χ1n) is 8.33. The molecular weight excluding hydrogens is 302 g/mol. The molecule has 0 fully saturated rings. The first kappa shape index (κ1) is 16.2. The average molecular weight is 323 g/mol. The third kappa shape index (κ3) is 3.45. The van der Waals surface area contributed by atoms with E-state index in [9.17, 15) is 4.79 Å². The van der Waals surface area contributed by atoms with Crippen molar-refractivity contribution in [3.05, 3.63) is 60.2 Å². The van der Waals surface area contributed by atoms with Crippen molar-refractivity contribution < 1.29 is 9.53 Å². The maximum Gasteiger partial charge on any atom is 0.346 e. The van der Waals surface area contributed by atoms with E-state index in [1.54, 1.807) is 22.7 Å². The Bertz CT molecular complexity index is 827. The molecule has 1 aromatic carbocycles. The summed E-state index contributed by atoms with van der Waals surface area (Å²) in [5.41, 5.74) is 1.43. The van der Waals surface area contributed by atoms with Crippen LogP contribution < -0.4 is 4.74 Å². The van der Waals surface area contributed by atoms with Gasteiger partial charge in [0.2, 0.25) is 5.78 Å². The molecular formula is C19H21N3O2. The van der Waals surface area contributed by atoms with Crippen LogP contribution in [0.4, 0.5) is 0 Å². The lowest BCUT2D eigenvalue weighted by atomic mass is 9.98. The second-order valence-electron chi connectivity index (χ2n) is 5.81. The fourth-order valence-electron chi connectivity index (χ4n) is 2.77. The Morgan fingerprint density at radius 1 is 1.21 bits per heavy atom. The normalized spacial score (nSPS) is 12.2. The Morgan fingerprint density at radius 2 is 2.00 bits per heavy atom. The molecule has 0 amide bonds. The first-order chi connectivity index (χ1) is 11.7. The standard InChI is InChI=1S/C19H21N3O2/c1-3-8-14(4-2)17-13-22-12-15(11-20-19(22)21-17)18(23)24-16-9-6-5-7-10-16/h5-7,9-14H,3-4,8H2,1-2H3. The molecule has 5 heteroatoms. The monoisotopic (exact) mass is 323 g/mol. The molecule has 0 N–H and O–H groups in total. The van der Waals surface area contributed by atoms with Gasteiger partial charge in [-0.15, -0.1) is 0 Å². The van der Waals surface area contributed by atoms with Gasteiger partial charge in [0.25, 0.3) is 0 Å². The number of para-hydroxylation sites is 1. The number of ether oxygens (including phenoxy) is 1. The van der Waals surface area contributed by atoms with Gasteiger partial charge in [-0.05, 0) is 25.0 Å². The number of carbonyl (C=O) groups is 1. The SMILES string of the molecule is CCCC(CC)c1cn2cc(C(=O)Oc3ccccc3)cnc2n1. The molecule has 0 aliphatic heterocycles. The van der Waals surface area contributed by atoms with Crippen molar-refractivity contribution in [2.45, 2.75) is 39.0 Å². The third-order valence-electron chi connectivity index (χ3n) is 4.07. The molecule has 1 unspecified atom stereocenters. The summed E-state index contributed by atoms with van der Waals surface area (Å²) in [4.78, 5) is 21.1. The van der Waals surface area contributed by atoms with Gasteiger partial charge < -0.3 is 4.74 Å². The van der Waals surface area contributed by atoms with E-state index in [4.69, 9.17) is 4.74 Å². The number of imidazole rings is 1. The predicted molar refractivity (Wildman–Crippen MR) is 92.3 cm³/mol. The van der Waals surface area contributed by atoms with E-state index in [0.29, 0.717) is 23.0 Å². The van der Waals surface area contributed by atoms with E-state index >= 15 is 0 Å². The fourth-order valence-corrected chi connectivity index (χ4v) is 2.77. The van der Waals surface area contributed by atoms with Gasteiger partial charge in [-0.25, -0.2) is 14.8 Å². The van der Waals surface area contributed by atoms with Crippen molar-refractivity contribution in [1.29, 1.82) is 0 Å². The second-order valence-corrected chi connectivity index (χ2v) is 5.81. The van der Waals surface area contributed by atoms with Crippen LogP contribution in [0.25, 0.3) is 5.78 Å². The zero-order valence-corrected chi connectivity index (χ0v) is 14.0. The van der Waals surface area contributed by atoms with Crippen LogP contribution in [0.15, 0.2) is 48.9 Å². The lowest BCUT2D eigenvalue weighted by Crippen LogP contribution is -2.10. The molecule has 5 nitrogen and oxygen atoms in total. The molecule has 3 aromatic rings. The highest BCUT2D eigenvalue weighted by Crippen LogP contribution is 2.24. The van der Waals surface area contributed by atoms with Crippen LogP contribution in [0.3, 0.4) is 0 Å². The van der Waals surface area contributed by atoms with Crippen LogP contribution in [-0.2, 0) is 0 Å². The molecule has 1 atom stereocenters. The van der Waals surface area contributed by atoms with Gasteiger partial charge in [-0.3, -0.25) is 4.40 Å². The first-order valence-corrected chi connectivity index (χ1v) is 8.33. The van der Waals surface area contributed by atoms with E-state index in [-0.39, 0.29) is 0 Å². The third-order valence-corrected chi connectivity index (χ3v) is 4.07. The van der Waals surface area contributed by atoms with Crippen LogP contribution in [-0.4, -0.2) is 20.3 Å². The molecule has 2 aromatic heterocycles. The molecule has 3 rings (SSSR count). The van der Waals surface area contributed by atoms with Gasteiger partial charge in [0, 0.05) is 24.5 Å². The number of rotatable bonds is 6. The number of nitrogens with zero attached hydrogens (tertiary/aromatic N) is 3. The zero-order valence-electron chi connectivity index (χ0n) is 14.0. The van der Waals surface area contributed by atoms with Crippen molar-refractivity contribution in [2.75, 3.05) is 0 Å². The van der Waals surface area contributed by atoms with Gasteiger partial charge in [0.05, 0.1) is 11.3 Å². The van der Waals surface area contributed by atoms with Crippen LogP contribution in [0.5, 0.6) is 5.75 Å². The molecule has 0 radical (unpaired) electrons. The van der Waals surface area contributed by atoms with E-state index in [2.05, 4.69) is 23.8 Å². The minimum atomic E-state index is -0.425. The van der Waals surface area contributed by atoms with Crippen LogP contribution in [0, 0.1) is 0 Å². The molecule has 124 valence electrons. The highest BCUT2D eigenvalue weighted by atomic mass is 16.5. The molecule has 0 spiro atoms. The molecule has 0 bridgehead atoms. The molecule has 0 saturated carbocycles. The maximum atomic E-state index is 12.3. The summed E-state index contributed by atoms with van der Waals surface area (Å²) in [6.07, 6.45) is 8.46. The van der Waals surface area contributed by atoms with Crippen molar-refractivity contribution in [3.63, 3.8) is 0 Å². The summed E-state index contributed by atoms with van der Waals surface area (Å²) in [5, 5.41) is 0. The summed E-state index contributed by atoms with van der Waals surface area (Å²) in [6, 6.07) is 9.01. The number of aromatic nitrogens is 3. The zero-order chi connectivity index (χ0) is 16.9. The van der Waals surface area contributed by atoms with Gasteiger partial charge in [0.15, 0.2) is 0 Å². The molecule has 0 aliphatic carbocycles. The van der Waals surface area contributed by atoms with E-state index in [0.717, 1.165) is 25.0 Å². The molecule has 0 aliphatic rings. The highest BCUT2D eigenvalue weighted by molar-refractivity contribution is 5.90. The maximum absolute atomic E-state index is 12.3. The van der Waals surface area contributed by atoms with Crippen LogP contribution >= 0.6 is 0 Å². The smallest absolute Gasteiger partial charge is 0.346 e. The number of hydrogen-bond donors (Lipinski definition) is 0. The minimum absolute atomic E-state index is 0.402. The Morgan fingerprint density at radius 3 is 2.71 bits per heavy atom. The minimum Gasteiger partial charge on any atom is -0.423 e. The quantitative estimate of drug-likeness (QED) is 0.503. The van der Waals surface area contributed by atoms with Crippen molar-refractivity contribution >= 4 is 11.7 Å². The van der Waals surface area contributed by atoms with Crippen molar-refractivity contribution in [1.82, 2.24) is 14.4 Å². The topological polar surface area (TPSA) is 56.5 Å².